The van der Waals surface area contributed by atoms with Crippen LogP contribution in [0.1, 0.15) is 13.8 Å². The van der Waals surface area contributed by atoms with Gasteiger partial charge in [-0.25, -0.2) is 4.39 Å². The molecule has 0 amide bonds. The lowest BCUT2D eigenvalue weighted by atomic mass is 10.3. The Hall–Kier alpha value is -1.16. The zero-order valence-corrected chi connectivity index (χ0v) is 8.90. The molecule has 4 heteroatoms. The van der Waals surface area contributed by atoms with E-state index in [-0.39, 0.29) is 17.1 Å². The molecule has 1 N–H and O–H groups in total. The highest BCUT2D eigenvalue weighted by Gasteiger charge is 2.01. The number of rotatable bonds is 2. The molecule has 0 aliphatic heterocycles. The summed E-state index contributed by atoms with van der Waals surface area (Å²) in [5.41, 5.74) is 0.593. The number of thiocarbonyl (C=S) groups is 1. The highest BCUT2D eigenvalue weighted by Crippen LogP contribution is 2.09. The lowest BCUT2D eigenvalue weighted by molar-refractivity contribution is 0.235. The molecule has 0 fully saturated rings. The van der Waals surface area contributed by atoms with Crippen LogP contribution in [-0.2, 0) is 4.74 Å². The zero-order valence-electron chi connectivity index (χ0n) is 8.08. The van der Waals surface area contributed by atoms with Gasteiger partial charge in [-0.1, -0.05) is 6.07 Å². The minimum absolute atomic E-state index is 0.0172. The number of hydrogen-bond acceptors (Lipinski definition) is 2. The van der Waals surface area contributed by atoms with E-state index in [0.717, 1.165) is 0 Å². The molecular weight excluding hydrogens is 201 g/mol. The van der Waals surface area contributed by atoms with E-state index in [1.807, 2.05) is 13.8 Å². The molecule has 0 unspecified atom stereocenters. The molecule has 76 valence electrons. The maximum absolute atomic E-state index is 12.8. The molecule has 0 heterocycles. The first-order chi connectivity index (χ1) is 6.58. The van der Waals surface area contributed by atoms with Gasteiger partial charge in [0.25, 0.3) is 5.17 Å². The van der Waals surface area contributed by atoms with E-state index < -0.39 is 0 Å². The topological polar surface area (TPSA) is 21.3 Å². The van der Waals surface area contributed by atoms with Gasteiger partial charge < -0.3 is 10.1 Å². The normalized spacial score (nSPS) is 10.0. The summed E-state index contributed by atoms with van der Waals surface area (Å²) >= 11 is 4.90. The average molecular weight is 213 g/mol. The number of hydrogen-bond donors (Lipinski definition) is 1. The Labute approximate surface area is 88.1 Å². The fourth-order valence-corrected chi connectivity index (χ4v) is 1.24. The Morgan fingerprint density at radius 3 is 2.79 bits per heavy atom. The van der Waals surface area contributed by atoms with Crippen molar-refractivity contribution in [2.45, 2.75) is 20.0 Å². The van der Waals surface area contributed by atoms with Crippen molar-refractivity contribution in [1.29, 1.82) is 0 Å². The van der Waals surface area contributed by atoms with Crippen molar-refractivity contribution in [3.05, 3.63) is 30.1 Å². The van der Waals surface area contributed by atoms with Crippen LogP contribution in [0, 0.1) is 5.82 Å². The van der Waals surface area contributed by atoms with Crippen molar-refractivity contribution in [3.8, 4) is 0 Å². The van der Waals surface area contributed by atoms with E-state index in [1.165, 1.54) is 12.1 Å². The van der Waals surface area contributed by atoms with Crippen molar-refractivity contribution in [3.63, 3.8) is 0 Å². The van der Waals surface area contributed by atoms with Gasteiger partial charge in [0.2, 0.25) is 0 Å². The van der Waals surface area contributed by atoms with Crippen LogP contribution in [0.2, 0.25) is 0 Å². The van der Waals surface area contributed by atoms with Crippen molar-refractivity contribution >= 4 is 23.1 Å². The van der Waals surface area contributed by atoms with Gasteiger partial charge >= 0.3 is 0 Å². The summed E-state index contributed by atoms with van der Waals surface area (Å²) in [6.45, 7) is 3.75. The summed E-state index contributed by atoms with van der Waals surface area (Å²) in [6.07, 6.45) is 0.0172. The Morgan fingerprint density at radius 2 is 2.21 bits per heavy atom. The van der Waals surface area contributed by atoms with E-state index in [0.29, 0.717) is 5.69 Å². The molecule has 0 aromatic heterocycles. The molecule has 0 aliphatic rings. The minimum atomic E-state index is -0.303. The van der Waals surface area contributed by atoms with Gasteiger partial charge in [0.05, 0.1) is 6.10 Å². The summed E-state index contributed by atoms with van der Waals surface area (Å²) in [7, 11) is 0. The zero-order chi connectivity index (χ0) is 10.6. The Kier molecular flexibility index (Phi) is 3.83. The van der Waals surface area contributed by atoms with Crippen molar-refractivity contribution in [2.75, 3.05) is 5.32 Å². The van der Waals surface area contributed by atoms with Gasteiger partial charge in [-0.15, -0.1) is 0 Å². The molecule has 0 atom stereocenters. The third-order valence-electron chi connectivity index (χ3n) is 1.41. The van der Waals surface area contributed by atoms with E-state index in [4.69, 9.17) is 17.0 Å². The number of halogens is 1. The average Bonchev–Trinajstić information content (AvgIpc) is 2.01. The Morgan fingerprint density at radius 1 is 1.50 bits per heavy atom. The second-order valence-corrected chi connectivity index (χ2v) is 3.46. The highest BCUT2D eigenvalue weighted by atomic mass is 32.1. The third-order valence-corrected chi connectivity index (χ3v) is 1.61. The maximum Gasteiger partial charge on any atom is 0.261 e. The molecule has 0 saturated carbocycles. The van der Waals surface area contributed by atoms with Crippen LogP contribution in [-0.4, -0.2) is 11.3 Å². The van der Waals surface area contributed by atoms with Crippen LogP contribution in [0.4, 0.5) is 10.1 Å². The number of ether oxygens (including phenoxy) is 1. The third kappa shape index (κ3) is 3.70. The molecule has 0 spiro atoms. The van der Waals surface area contributed by atoms with Gasteiger partial charge in [-0.05, 0) is 44.3 Å². The second-order valence-electron chi connectivity index (χ2n) is 3.09. The van der Waals surface area contributed by atoms with Crippen molar-refractivity contribution < 1.29 is 9.13 Å². The van der Waals surface area contributed by atoms with Crippen LogP contribution in [0.3, 0.4) is 0 Å². The van der Waals surface area contributed by atoms with Gasteiger partial charge in [-0.3, -0.25) is 0 Å². The number of anilines is 1. The molecule has 14 heavy (non-hydrogen) atoms. The molecule has 2 nitrogen and oxygen atoms in total. The van der Waals surface area contributed by atoms with Gasteiger partial charge in [-0.2, -0.15) is 0 Å². The van der Waals surface area contributed by atoms with Crippen LogP contribution >= 0.6 is 12.2 Å². The van der Waals surface area contributed by atoms with Gasteiger partial charge in [0, 0.05) is 5.69 Å². The summed E-state index contributed by atoms with van der Waals surface area (Å²) in [4.78, 5) is 0. The molecular formula is C10H12FNOS. The first-order valence-corrected chi connectivity index (χ1v) is 4.72. The van der Waals surface area contributed by atoms with Gasteiger partial charge in [0.15, 0.2) is 0 Å². The van der Waals surface area contributed by atoms with Crippen LogP contribution < -0.4 is 5.32 Å². The predicted molar refractivity (Wildman–Crippen MR) is 58.8 cm³/mol. The fraction of sp³-hybridized carbons (Fsp3) is 0.300. The highest BCUT2D eigenvalue weighted by molar-refractivity contribution is 7.80. The SMILES string of the molecule is CC(C)OC(=S)Nc1cccc(F)c1. The molecule has 0 saturated heterocycles. The summed E-state index contributed by atoms with van der Waals surface area (Å²) in [5.74, 6) is -0.303. The Balaban J connectivity index is 2.56. The Bertz CT molecular complexity index is 328. The minimum Gasteiger partial charge on any atom is -0.468 e. The lowest BCUT2D eigenvalue weighted by Crippen LogP contribution is -2.17. The standard InChI is InChI=1S/C10H12FNOS/c1-7(2)13-10(14)12-9-5-3-4-8(11)6-9/h3-7H,1-2H3,(H,12,14). The predicted octanol–water partition coefficient (Wildman–Crippen LogP) is 2.95. The molecule has 0 radical (unpaired) electrons. The molecule has 0 aliphatic carbocycles. The monoisotopic (exact) mass is 213 g/mol. The van der Waals surface area contributed by atoms with E-state index in [9.17, 15) is 4.39 Å². The quantitative estimate of drug-likeness (QED) is 0.763. The molecule has 1 aromatic carbocycles. The first kappa shape index (κ1) is 10.9. The van der Waals surface area contributed by atoms with Crippen LogP contribution in [0.15, 0.2) is 24.3 Å². The second kappa shape index (κ2) is 4.91. The fourth-order valence-electron chi connectivity index (χ4n) is 0.928. The van der Waals surface area contributed by atoms with Gasteiger partial charge in [0.1, 0.15) is 5.82 Å². The van der Waals surface area contributed by atoms with E-state index in [1.54, 1.807) is 12.1 Å². The van der Waals surface area contributed by atoms with Crippen LogP contribution in [0.25, 0.3) is 0 Å². The summed E-state index contributed by atoms with van der Waals surface area (Å²) < 4.78 is 17.9. The first-order valence-electron chi connectivity index (χ1n) is 4.31. The van der Waals surface area contributed by atoms with Crippen LogP contribution in [0.5, 0.6) is 0 Å². The summed E-state index contributed by atoms with van der Waals surface area (Å²) in [5, 5.41) is 3.04. The number of benzene rings is 1. The largest absolute Gasteiger partial charge is 0.468 e. The van der Waals surface area contributed by atoms with E-state index in [2.05, 4.69) is 5.32 Å². The molecule has 0 bridgehead atoms. The number of nitrogens with one attached hydrogen (secondary N) is 1. The lowest BCUT2D eigenvalue weighted by Gasteiger charge is -2.12. The molecule has 1 aromatic rings. The van der Waals surface area contributed by atoms with Crippen molar-refractivity contribution in [1.82, 2.24) is 0 Å². The molecule has 1 rings (SSSR count). The smallest absolute Gasteiger partial charge is 0.261 e. The van der Waals surface area contributed by atoms with Crippen molar-refractivity contribution in [2.24, 2.45) is 0 Å². The van der Waals surface area contributed by atoms with E-state index >= 15 is 0 Å². The maximum atomic E-state index is 12.8. The summed E-state index contributed by atoms with van der Waals surface area (Å²) in [6, 6.07) is 6.06.